The molecule has 8 nitrogen and oxygen atoms in total. The van der Waals surface area contributed by atoms with Gasteiger partial charge in [0, 0.05) is 38.3 Å². The summed E-state index contributed by atoms with van der Waals surface area (Å²) in [5, 5.41) is 0. The van der Waals surface area contributed by atoms with E-state index >= 15 is 0 Å². The summed E-state index contributed by atoms with van der Waals surface area (Å²) < 4.78 is 22.4. The third-order valence-electron chi connectivity index (χ3n) is 5.00. The van der Waals surface area contributed by atoms with Gasteiger partial charge in [-0.3, -0.25) is 4.90 Å². The van der Waals surface area contributed by atoms with Crippen LogP contribution in [0.1, 0.15) is 39.1 Å². The molecule has 170 valence electrons. The number of methoxy groups -OCH3 is 1. The summed E-state index contributed by atoms with van der Waals surface area (Å²) in [6.07, 6.45) is -0.253. The summed E-state index contributed by atoms with van der Waals surface area (Å²) in [7, 11) is 1.62. The van der Waals surface area contributed by atoms with Crippen LogP contribution in [0.25, 0.3) is 11.5 Å². The largest absolute Gasteiger partial charge is 0.493 e. The number of hydrogen-bond acceptors (Lipinski definition) is 7. The lowest BCUT2D eigenvalue weighted by atomic mass is 10.2. The van der Waals surface area contributed by atoms with Gasteiger partial charge in [-0.15, -0.1) is 0 Å². The highest BCUT2D eigenvalue weighted by Gasteiger charge is 2.26. The molecule has 8 heteroatoms. The Kier molecular flexibility index (Phi) is 7.10. The lowest BCUT2D eigenvalue weighted by Crippen LogP contribution is -2.49. The smallest absolute Gasteiger partial charge is 0.410 e. The van der Waals surface area contributed by atoms with Crippen LogP contribution < -0.4 is 9.47 Å². The fourth-order valence-corrected chi connectivity index (χ4v) is 3.40. The second-order valence-corrected chi connectivity index (χ2v) is 8.56. The molecule has 0 spiro atoms. The van der Waals surface area contributed by atoms with Gasteiger partial charge in [-0.05, 0) is 52.8 Å². The van der Waals surface area contributed by atoms with Crippen molar-refractivity contribution in [1.29, 1.82) is 0 Å². The van der Waals surface area contributed by atoms with E-state index in [1.165, 1.54) is 0 Å². The fraction of sp³-hybridized carbons (Fsp3) is 0.565. The third kappa shape index (κ3) is 5.91. The first-order valence-electron chi connectivity index (χ1n) is 10.7. The van der Waals surface area contributed by atoms with Crippen molar-refractivity contribution in [3.8, 4) is 23.0 Å². The molecule has 1 aromatic heterocycles. The van der Waals surface area contributed by atoms with E-state index in [9.17, 15) is 4.79 Å². The van der Waals surface area contributed by atoms with Gasteiger partial charge in [0.1, 0.15) is 11.4 Å². The van der Waals surface area contributed by atoms with E-state index in [4.69, 9.17) is 23.6 Å². The Hall–Kier alpha value is -2.74. The van der Waals surface area contributed by atoms with Crippen molar-refractivity contribution in [2.45, 2.75) is 46.8 Å². The molecule has 0 unspecified atom stereocenters. The molecule has 1 aromatic carbocycles. The number of piperazine rings is 1. The minimum absolute atomic E-state index is 0.253. The Morgan fingerprint density at radius 2 is 1.87 bits per heavy atom. The van der Waals surface area contributed by atoms with E-state index in [0.717, 1.165) is 30.1 Å². The molecule has 0 aliphatic carbocycles. The quantitative estimate of drug-likeness (QED) is 0.681. The number of rotatable bonds is 6. The predicted octanol–water partition coefficient (Wildman–Crippen LogP) is 4.11. The summed E-state index contributed by atoms with van der Waals surface area (Å²) in [4.78, 5) is 21.0. The summed E-state index contributed by atoms with van der Waals surface area (Å²) in [6, 6.07) is 5.66. The fourth-order valence-electron chi connectivity index (χ4n) is 3.40. The summed E-state index contributed by atoms with van der Waals surface area (Å²) in [5.41, 5.74) is 1.25. The zero-order chi connectivity index (χ0) is 22.6. The summed E-state index contributed by atoms with van der Waals surface area (Å²) >= 11 is 0. The average molecular weight is 432 g/mol. The third-order valence-corrected chi connectivity index (χ3v) is 5.00. The molecule has 2 aromatic rings. The number of aromatic nitrogens is 1. The van der Waals surface area contributed by atoms with Crippen molar-refractivity contribution >= 4 is 6.09 Å². The number of amides is 1. The molecule has 0 bridgehead atoms. The van der Waals surface area contributed by atoms with Crippen LogP contribution in [-0.2, 0) is 11.3 Å². The van der Waals surface area contributed by atoms with Crippen LogP contribution in [0.3, 0.4) is 0 Å². The number of aryl methyl sites for hydroxylation is 1. The molecular formula is C23H33N3O5. The number of ether oxygens (including phenoxy) is 3. The number of oxazole rings is 1. The number of nitrogens with zero attached hydrogens (tertiary/aromatic N) is 3. The highest BCUT2D eigenvalue weighted by molar-refractivity contribution is 5.68. The minimum atomic E-state index is -0.480. The first-order valence-corrected chi connectivity index (χ1v) is 10.7. The molecule has 0 radical (unpaired) electrons. The summed E-state index contributed by atoms with van der Waals surface area (Å²) in [6.45, 7) is 13.5. The molecule has 1 aliphatic rings. The van der Waals surface area contributed by atoms with Crippen molar-refractivity contribution in [1.82, 2.24) is 14.8 Å². The first-order chi connectivity index (χ1) is 14.7. The van der Waals surface area contributed by atoms with Crippen molar-refractivity contribution in [2.75, 3.05) is 39.9 Å². The van der Waals surface area contributed by atoms with E-state index in [2.05, 4.69) is 4.90 Å². The van der Waals surface area contributed by atoms with Crippen molar-refractivity contribution in [3.05, 3.63) is 29.7 Å². The zero-order valence-corrected chi connectivity index (χ0v) is 19.4. The van der Waals surface area contributed by atoms with Crippen LogP contribution >= 0.6 is 0 Å². The Balaban J connectivity index is 1.63. The normalized spacial score (nSPS) is 15.1. The van der Waals surface area contributed by atoms with Crippen molar-refractivity contribution in [2.24, 2.45) is 0 Å². The van der Waals surface area contributed by atoms with Gasteiger partial charge in [-0.25, -0.2) is 9.78 Å². The average Bonchev–Trinajstić information content (AvgIpc) is 3.08. The maximum Gasteiger partial charge on any atom is 0.410 e. The van der Waals surface area contributed by atoms with E-state index in [1.807, 2.05) is 52.8 Å². The van der Waals surface area contributed by atoms with E-state index in [-0.39, 0.29) is 6.09 Å². The second kappa shape index (κ2) is 9.60. The maximum absolute atomic E-state index is 12.2. The van der Waals surface area contributed by atoms with Gasteiger partial charge in [-0.1, -0.05) is 0 Å². The van der Waals surface area contributed by atoms with Gasteiger partial charge in [0.05, 0.1) is 19.4 Å². The zero-order valence-electron chi connectivity index (χ0n) is 19.4. The molecule has 1 saturated heterocycles. The second-order valence-electron chi connectivity index (χ2n) is 8.56. The molecule has 2 heterocycles. The Morgan fingerprint density at radius 3 is 2.48 bits per heavy atom. The Bertz CT molecular complexity index is 895. The standard InChI is InChI=1S/C23H33N3O5/c1-7-29-19-9-8-17(14-20(19)28-6)21-24-18(16(2)30-21)15-25-10-12-26(13-11-25)22(27)31-23(3,4)5/h8-9,14H,7,10-13,15H2,1-6H3. The molecular weight excluding hydrogens is 398 g/mol. The molecule has 0 N–H and O–H groups in total. The van der Waals surface area contributed by atoms with Gasteiger partial charge in [-0.2, -0.15) is 0 Å². The first kappa shape index (κ1) is 22.9. The monoisotopic (exact) mass is 431 g/mol. The summed E-state index contributed by atoms with van der Waals surface area (Å²) in [5.74, 6) is 2.69. The SMILES string of the molecule is CCOc1ccc(-c2nc(CN3CCN(C(=O)OC(C)(C)C)CC3)c(C)o2)cc1OC. The Labute approximate surface area is 184 Å². The van der Waals surface area contributed by atoms with Crippen LogP contribution in [0.15, 0.2) is 22.6 Å². The van der Waals surface area contributed by atoms with Crippen molar-refractivity contribution < 1.29 is 23.4 Å². The molecule has 31 heavy (non-hydrogen) atoms. The maximum atomic E-state index is 12.2. The van der Waals surface area contributed by atoms with Crippen molar-refractivity contribution in [3.63, 3.8) is 0 Å². The number of benzene rings is 1. The highest BCUT2D eigenvalue weighted by Crippen LogP contribution is 2.33. The topological polar surface area (TPSA) is 77.3 Å². The van der Waals surface area contributed by atoms with E-state index in [0.29, 0.717) is 43.6 Å². The molecule has 0 atom stereocenters. The van der Waals surface area contributed by atoms with Crippen LogP contribution in [0, 0.1) is 6.92 Å². The molecule has 3 rings (SSSR count). The van der Waals surface area contributed by atoms with Crippen LogP contribution in [0.4, 0.5) is 4.79 Å². The van der Waals surface area contributed by atoms with Crippen LogP contribution in [-0.4, -0.2) is 66.4 Å². The molecule has 1 fully saturated rings. The van der Waals surface area contributed by atoms with Gasteiger partial charge < -0.3 is 23.5 Å². The van der Waals surface area contributed by atoms with Crippen LogP contribution in [0.5, 0.6) is 11.5 Å². The lowest BCUT2D eigenvalue weighted by Gasteiger charge is -2.35. The molecule has 1 aliphatic heterocycles. The van der Waals surface area contributed by atoms with Gasteiger partial charge in [0.2, 0.25) is 5.89 Å². The molecule has 1 amide bonds. The van der Waals surface area contributed by atoms with E-state index < -0.39 is 5.60 Å². The molecule has 0 saturated carbocycles. The number of carbonyl (C=O) groups is 1. The van der Waals surface area contributed by atoms with Crippen LogP contribution in [0.2, 0.25) is 0 Å². The minimum Gasteiger partial charge on any atom is -0.493 e. The lowest BCUT2D eigenvalue weighted by molar-refractivity contribution is 0.0138. The van der Waals surface area contributed by atoms with Gasteiger partial charge in [0.25, 0.3) is 0 Å². The number of hydrogen-bond donors (Lipinski definition) is 0. The predicted molar refractivity (Wildman–Crippen MR) is 117 cm³/mol. The number of carbonyl (C=O) groups excluding carboxylic acids is 1. The van der Waals surface area contributed by atoms with E-state index in [1.54, 1.807) is 12.0 Å². The Morgan fingerprint density at radius 1 is 1.16 bits per heavy atom. The van der Waals surface area contributed by atoms with Gasteiger partial charge >= 0.3 is 6.09 Å². The highest BCUT2D eigenvalue weighted by atomic mass is 16.6. The van der Waals surface area contributed by atoms with Gasteiger partial charge in [0.15, 0.2) is 11.5 Å².